The molecule has 2 heterocycles. The van der Waals surface area contributed by atoms with Crippen LogP contribution in [0, 0.1) is 5.82 Å². The predicted molar refractivity (Wildman–Crippen MR) is 89.3 cm³/mol. The first-order chi connectivity index (χ1) is 11.2. The van der Waals surface area contributed by atoms with E-state index in [1.54, 1.807) is 11.0 Å². The number of rotatable bonds is 2. The highest BCUT2D eigenvalue weighted by Gasteiger charge is 2.38. The Bertz CT molecular complexity index is 750. The van der Waals surface area contributed by atoms with Crippen molar-refractivity contribution in [2.45, 2.75) is 51.4 Å². The molecule has 2 atom stereocenters. The molecule has 1 aliphatic heterocycles. The summed E-state index contributed by atoms with van der Waals surface area (Å²) in [7, 11) is 0. The molecular formula is C18H23FN2O3. The largest absolute Gasteiger partial charge is 0.444 e. The number of nitrogens with one attached hydrogen (secondary N) is 1. The van der Waals surface area contributed by atoms with Gasteiger partial charge < -0.3 is 19.7 Å². The van der Waals surface area contributed by atoms with E-state index in [0.717, 1.165) is 10.9 Å². The van der Waals surface area contributed by atoms with Crippen LogP contribution in [-0.4, -0.2) is 45.4 Å². The maximum atomic E-state index is 13.3. The Morgan fingerprint density at radius 1 is 1.46 bits per heavy atom. The number of likely N-dealkylation sites (tertiary alicyclic amines) is 1. The lowest BCUT2D eigenvalue weighted by molar-refractivity contribution is 0.0156. The fourth-order valence-corrected chi connectivity index (χ4v) is 3.18. The molecule has 6 heteroatoms. The predicted octanol–water partition coefficient (Wildman–Crippen LogP) is 3.22. The highest BCUT2D eigenvalue weighted by atomic mass is 19.1. The summed E-state index contributed by atoms with van der Waals surface area (Å²) in [4.78, 5) is 17.0. The van der Waals surface area contributed by atoms with E-state index in [9.17, 15) is 14.3 Å². The Balaban J connectivity index is 1.82. The van der Waals surface area contributed by atoms with Gasteiger partial charge in [0.15, 0.2) is 0 Å². The van der Waals surface area contributed by atoms with Crippen LogP contribution in [0.4, 0.5) is 9.18 Å². The quantitative estimate of drug-likeness (QED) is 0.886. The highest BCUT2D eigenvalue weighted by Crippen LogP contribution is 2.27. The van der Waals surface area contributed by atoms with Crippen molar-refractivity contribution < 1.29 is 19.0 Å². The van der Waals surface area contributed by atoms with Crippen LogP contribution in [-0.2, 0) is 11.2 Å². The van der Waals surface area contributed by atoms with Crippen LogP contribution in [0.15, 0.2) is 24.4 Å². The molecule has 0 radical (unpaired) electrons. The minimum absolute atomic E-state index is 0.299. The summed E-state index contributed by atoms with van der Waals surface area (Å²) < 4.78 is 18.7. The third-order valence-corrected chi connectivity index (χ3v) is 4.30. The van der Waals surface area contributed by atoms with Gasteiger partial charge in [0.1, 0.15) is 11.4 Å². The number of nitrogens with zero attached hydrogens (tertiary/aromatic N) is 1. The first-order valence-electron chi connectivity index (χ1n) is 8.18. The summed E-state index contributed by atoms with van der Waals surface area (Å²) in [6.07, 6.45) is 1.83. The van der Waals surface area contributed by atoms with Gasteiger partial charge in [-0.15, -0.1) is 0 Å². The zero-order valence-electron chi connectivity index (χ0n) is 14.2. The van der Waals surface area contributed by atoms with Crippen LogP contribution < -0.4 is 0 Å². The molecule has 1 aromatic carbocycles. The lowest BCUT2D eigenvalue weighted by Crippen LogP contribution is -2.43. The van der Waals surface area contributed by atoms with Crippen molar-refractivity contribution >= 4 is 17.0 Å². The topological polar surface area (TPSA) is 65.6 Å². The first-order valence-corrected chi connectivity index (χ1v) is 8.18. The van der Waals surface area contributed by atoms with Gasteiger partial charge in [0.25, 0.3) is 0 Å². The Morgan fingerprint density at radius 2 is 2.21 bits per heavy atom. The van der Waals surface area contributed by atoms with E-state index in [1.165, 1.54) is 12.1 Å². The van der Waals surface area contributed by atoms with Crippen molar-refractivity contribution in [1.29, 1.82) is 0 Å². The van der Waals surface area contributed by atoms with Crippen LogP contribution in [0.1, 0.15) is 32.8 Å². The SMILES string of the molecule is CC(C)(C)OC(=O)N1CC[C@H](O)[C@H]1Cc1c[nH]c2cc(F)ccc12. The minimum atomic E-state index is -0.595. The smallest absolute Gasteiger partial charge is 0.410 e. The number of halogens is 1. The molecule has 1 fully saturated rings. The summed E-state index contributed by atoms with van der Waals surface area (Å²) in [6.45, 7) is 5.93. The van der Waals surface area contributed by atoms with Crippen molar-refractivity contribution in [3.05, 3.63) is 35.8 Å². The molecule has 5 nitrogen and oxygen atoms in total. The van der Waals surface area contributed by atoms with Crippen molar-refractivity contribution in [2.24, 2.45) is 0 Å². The van der Waals surface area contributed by atoms with Crippen LogP contribution in [0.2, 0.25) is 0 Å². The van der Waals surface area contributed by atoms with Crippen LogP contribution in [0.5, 0.6) is 0 Å². The fraction of sp³-hybridized carbons (Fsp3) is 0.500. The number of aromatic nitrogens is 1. The molecule has 1 amide bonds. The highest BCUT2D eigenvalue weighted by molar-refractivity contribution is 5.83. The monoisotopic (exact) mass is 334 g/mol. The van der Waals surface area contributed by atoms with E-state index in [1.807, 2.05) is 27.0 Å². The molecular weight excluding hydrogens is 311 g/mol. The van der Waals surface area contributed by atoms with Gasteiger partial charge in [0.2, 0.25) is 0 Å². The second-order valence-corrected chi connectivity index (χ2v) is 7.31. The average molecular weight is 334 g/mol. The molecule has 0 saturated carbocycles. The molecule has 3 rings (SSSR count). The first kappa shape index (κ1) is 16.8. The third kappa shape index (κ3) is 3.38. The van der Waals surface area contributed by atoms with Crippen LogP contribution in [0.3, 0.4) is 0 Å². The van der Waals surface area contributed by atoms with Gasteiger partial charge in [-0.2, -0.15) is 0 Å². The van der Waals surface area contributed by atoms with E-state index in [-0.39, 0.29) is 11.9 Å². The number of hydrogen-bond donors (Lipinski definition) is 2. The third-order valence-electron chi connectivity index (χ3n) is 4.30. The summed E-state index contributed by atoms with van der Waals surface area (Å²) in [6, 6.07) is 4.23. The number of carbonyl (C=O) groups excluding carboxylic acids is 1. The van der Waals surface area contributed by atoms with Gasteiger partial charge in [-0.1, -0.05) is 0 Å². The van der Waals surface area contributed by atoms with Gasteiger partial charge >= 0.3 is 6.09 Å². The maximum absolute atomic E-state index is 13.3. The second kappa shape index (κ2) is 6.09. The number of aliphatic hydroxyl groups is 1. The summed E-state index contributed by atoms with van der Waals surface area (Å²) >= 11 is 0. The number of aromatic amines is 1. The van der Waals surface area contributed by atoms with Gasteiger partial charge in [-0.3, -0.25) is 0 Å². The van der Waals surface area contributed by atoms with E-state index in [0.29, 0.717) is 24.9 Å². The number of benzene rings is 1. The standard InChI is InChI=1S/C18H23FN2O3/c1-18(2,3)24-17(23)21-7-6-16(22)15(21)8-11-10-20-14-9-12(19)4-5-13(11)14/h4-5,9-10,15-16,20,22H,6-8H2,1-3H3/t15-,16+/m1/s1. The number of carbonyl (C=O) groups is 1. The lowest BCUT2D eigenvalue weighted by atomic mass is 10.0. The molecule has 130 valence electrons. The van der Waals surface area contributed by atoms with Crippen molar-refractivity contribution in [2.75, 3.05) is 6.54 Å². The summed E-state index contributed by atoms with van der Waals surface area (Å²) in [5.74, 6) is -0.299. The summed E-state index contributed by atoms with van der Waals surface area (Å²) in [5, 5.41) is 11.2. The molecule has 24 heavy (non-hydrogen) atoms. The van der Waals surface area contributed by atoms with Gasteiger partial charge in [0, 0.05) is 23.6 Å². The van der Waals surface area contributed by atoms with Crippen LogP contribution >= 0.6 is 0 Å². The average Bonchev–Trinajstić information content (AvgIpc) is 3.02. The molecule has 1 aliphatic rings. The summed E-state index contributed by atoms with van der Waals surface area (Å²) in [5.41, 5.74) is 1.08. The van der Waals surface area contributed by atoms with Crippen molar-refractivity contribution in [1.82, 2.24) is 9.88 Å². The van der Waals surface area contributed by atoms with E-state index in [2.05, 4.69) is 4.98 Å². The molecule has 0 bridgehead atoms. The molecule has 0 aliphatic carbocycles. The Morgan fingerprint density at radius 3 is 2.92 bits per heavy atom. The van der Waals surface area contributed by atoms with Gasteiger partial charge in [-0.25, -0.2) is 9.18 Å². The van der Waals surface area contributed by atoms with Gasteiger partial charge in [-0.05, 0) is 57.4 Å². The minimum Gasteiger partial charge on any atom is -0.444 e. The number of H-pyrrole nitrogens is 1. The second-order valence-electron chi connectivity index (χ2n) is 7.31. The zero-order valence-corrected chi connectivity index (χ0v) is 14.2. The Labute approximate surface area is 140 Å². The van der Waals surface area contributed by atoms with Crippen LogP contribution in [0.25, 0.3) is 10.9 Å². The van der Waals surface area contributed by atoms with E-state index in [4.69, 9.17) is 4.74 Å². The Kier molecular flexibility index (Phi) is 4.25. The Hall–Kier alpha value is -2.08. The number of fused-ring (bicyclic) bond motifs is 1. The number of aliphatic hydroxyl groups excluding tert-OH is 1. The van der Waals surface area contributed by atoms with Gasteiger partial charge in [0.05, 0.1) is 12.1 Å². The van der Waals surface area contributed by atoms with Crippen molar-refractivity contribution in [3.63, 3.8) is 0 Å². The molecule has 1 aromatic heterocycles. The lowest BCUT2D eigenvalue weighted by Gasteiger charge is -2.29. The van der Waals surface area contributed by atoms with E-state index >= 15 is 0 Å². The fourth-order valence-electron chi connectivity index (χ4n) is 3.18. The maximum Gasteiger partial charge on any atom is 0.410 e. The zero-order chi connectivity index (χ0) is 17.5. The molecule has 2 N–H and O–H groups in total. The molecule has 1 saturated heterocycles. The van der Waals surface area contributed by atoms with Crippen molar-refractivity contribution in [3.8, 4) is 0 Å². The number of ether oxygens (including phenoxy) is 1. The van der Waals surface area contributed by atoms with E-state index < -0.39 is 17.8 Å². The number of hydrogen-bond acceptors (Lipinski definition) is 3. The molecule has 0 spiro atoms. The number of amides is 1. The molecule has 2 aromatic rings. The normalized spacial score (nSPS) is 21.5. The molecule has 0 unspecified atom stereocenters.